The van der Waals surface area contributed by atoms with Crippen molar-refractivity contribution in [3.63, 3.8) is 0 Å². The Kier molecular flexibility index (Phi) is 3.52. The quantitative estimate of drug-likeness (QED) is 0.644. The first kappa shape index (κ1) is 10.1. The Labute approximate surface area is 91.1 Å². The molecule has 0 bridgehead atoms. The summed E-state index contributed by atoms with van der Waals surface area (Å²) in [5, 5.41) is 0. The van der Waals surface area contributed by atoms with Crippen molar-refractivity contribution in [2.45, 2.75) is 42.9 Å². The fourth-order valence-corrected chi connectivity index (χ4v) is 2.72. The molecule has 14 heavy (non-hydrogen) atoms. The summed E-state index contributed by atoms with van der Waals surface area (Å²) < 4.78 is 0. The highest BCUT2D eigenvalue weighted by Crippen LogP contribution is 2.33. The van der Waals surface area contributed by atoms with Crippen LogP contribution in [0.2, 0.25) is 0 Å². The van der Waals surface area contributed by atoms with Crippen LogP contribution in [0, 0.1) is 0 Å². The molecule has 0 atom stereocenters. The van der Waals surface area contributed by atoms with Crippen LogP contribution < -0.4 is 0 Å². The molecule has 2 rings (SSSR count). The third-order valence-corrected chi connectivity index (χ3v) is 3.94. The first-order valence-corrected chi connectivity index (χ1v) is 6.76. The standard InChI is InChI=1S/C13H18S/c1-14-13-9-7-12(8-10-13)11-5-3-2-4-6-11/h7-11H,2-6H2,1H3. The van der Waals surface area contributed by atoms with Gasteiger partial charge in [-0.25, -0.2) is 0 Å². The first-order valence-electron chi connectivity index (χ1n) is 5.54. The SMILES string of the molecule is CSc1ccc(C2CCCCC2)cc1. The third kappa shape index (κ3) is 2.33. The molecule has 0 spiro atoms. The lowest BCUT2D eigenvalue weighted by Gasteiger charge is -2.21. The Morgan fingerprint density at radius 1 is 1.00 bits per heavy atom. The molecule has 1 heteroatoms. The molecule has 1 fully saturated rings. The lowest BCUT2D eigenvalue weighted by Crippen LogP contribution is -2.03. The lowest BCUT2D eigenvalue weighted by molar-refractivity contribution is 0.443. The Morgan fingerprint density at radius 2 is 1.64 bits per heavy atom. The van der Waals surface area contributed by atoms with Gasteiger partial charge in [-0.15, -0.1) is 11.8 Å². The first-order chi connectivity index (χ1) is 6.90. The summed E-state index contributed by atoms with van der Waals surface area (Å²) in [4.78, 5) is 1.38. The predicted octanol–water partition coefficient (Wildman–Crippen LogP) is 4.46. The number of benzene rings is 1. The summed E-state index contributed by atoms with van der Waals surface area (Å²) in [6.07, 6.45) is 9.23. The molecule has 0 aliphatic heterocycles. The highest BCUT2D eigenvalue weighted by Gasteiger charge is 2.14. The van der Waals surface area contributed by atoms with Crippen LogP contribution in [0.3, 0.4) is 0 Å². The van der Waals surface area contributed by atoms with Crippen LogP contribution in [0.1, 0.15) is 43.6 Å². The Morgan fingerprint density at radius 3 is 2.21 bits per heavy atom. The van der Waals surface area contributed by atoms with Crippen LogP contribution >= 0.6 is 11.8 Å². The van der Waals surface area contributed by atoms with E-state index in [9.17, 15) is 0 Å². The van der Waals surface area contributed by atoms with E-state index in [1.807, 2.05) is 11.8 Å². The second-order valence-electron chi connectivity index (χ2n) is 4.11. The molecule has 0 heterocycles. The molecule has 1 aromatic carbocycles. The second-order valence-corrected chi connectivity index (χ2v) is 4.99. The van der Waals surface area contributed by atoms with Gasteiger partial charge in [0, 0.05) is 4.90 Å². The molecule has 0 amide bonds. The Bertz CT molecular complexity index is 270. The van der Waals surface area contributed by atoms with E-state index in [0.717, 1.165) is 5.92 Å². The summed E-state index contributed by atoms with van der Waals surface area (Å²) in [7, 11) is 0. The van der Waals surface area contributed by atoms with Crippen molar-refractivity contribution in [2.75, 3.05) is 6.26 Å². The van der Waals surface area contributed by atoms with E-state index >= 15 is 0 Å². The number of hydrogen-bond acceptors (Lipinski definition) is 1. The molecule has 1 aromatic rings. The fourth-order valence-electron chi connectivity index (χ4n) is 2.31. The lowest BCUT2D eigenvalue weighted by atomic mass is 9.84. The van der Waals surface area contributed by atoms with Gasteiger partial charge in [0.1, 0.15) is 0 Å². The monoisotopic (exact) mass is 206 g/mol. The van der Waals surface area contributed by atoms with Crippen LogP contribution in [0.4, 0.5) is 0 Å². The van der Waals surface area contributed by atoms with Crippen LogP contribution in [0.5, 0.6) is 0 Å². The normalized spacial score (nSPS) is 18.4. The zero-order valence-electron chi connectivity index (χ0n) is 8.83. The molecule has 76 valence electrons. The largest absolute Gasteiger partial charge is 0.130 e. The average Bonchev–Trinajstić information content (AvgIpc) is 2.30. The van der Waals surface area contributed by atoms with E-state index in [1.165, 1.54) is 37.0 Å². The minimum atomic E-state index is 0.847. The highest BCUT2D eigenvalue weighted by molar-refractivity contribution is 7.98. The molecular formula is C13H18S. The van der Waals surface area contributed by atoms with Gasteiger partial charge >= 0.3 is 0 Å². The minimum absolute atomic E-state index is 0.847. The molecule has 1 aliphatic carbocycles. The summed E-state index contributed by atoms with van der Waals surface area (Å²) in [5.74, 6) is 0.847. The fraction of sp³-hybridized carbons (Fsp3) is 0.538. The second kappa shape index (κ2) is 4.88. The van der Waals surface area contributed by atoms with Gasteiger partial charge in [-0.2, -0.15) is 0 Å². The topological polar surface area (TPSA) is 0 Å². The third-order valence-electron chi connectivity index (χ3n) is 3.19. The van der Waals surface area contributed by atoms with Crippen LogP contribution in [-0.2, 0) is 0 Å². The summed E-state index contributed by atoms with van der Waals surface area (Å²) >= 11 is 1.82. The number of hydrogen-bond donors (Lipinski definition) is 0. The van der Waals surface area contributed by atoms with E-state index in [1.54, 1.807) is 5.56 Å². The minimum Gasteiger partial charge on any atom is -0.130 e. The summed E-state index contributed by atoms with van der Waals surface area (Å²) in [5.41, 5.74) is 1.56. The molecular weight excluding hydrogens is 188 g/mol. The van der Waals surface area contributed by atoms with E-state index in [4.69, 9.17) is 0 Å². The van der Waals surface area contributed by atoms with Gasteiger partial charge in [0.2, 0.25) is 0 Å². The molecule has 0 nitrogen and oxygen atoms in total. The van der Waals surface area contributed by atoms with Gasteiger partial charge in [-0.1, -0.05) is 31.4 Å². The van der Waals surface area contributed by atoms with Crippen LogP contribution in [0.25, 0.3) is 0 Å². The zero-order valence-corrected chi connectivity index (χ0v) is 9.65. The van der Waals surface area contributed by atoms with Crippen molar-refractivity contribution in [2.24, 2.45) is 0 Å². The predicted molar refractivity (Wildman–Crippen MR) is 64.0 cm³/mol. The van der Waals surface area contributed by atoms with Crippen molar-refractivity contribution >= 4 is 11.8 Å². The molecule has 1 saturated carbocycles. The molecule has 1 aliphatic rings. The average molecular weight is 206 g/mol. The molecule has 0 unspecified atom stereocenters. The number of thioether (sulfide) groups is 1. The summed E-state index contributed by atoms with van der Waals surface area (Å²) in [6, 6.07) is 9.16. The van der Waals surface area contributed by atoms with Crippen molar-refractivity contribution in [3.8, 4) is 0 Å². The maximum absolute atomic E-state index is 2.32. The Hall–Kier alpha value is -0.430. The highest BCUT2D eigenvalue weighted by atomic mass is 32.2. The van der Waals surface area contributed by atoms with Crippen molar-refractivity contribution in [1.29, 1.82) is 0 Å². The van der Waals surface area contributed by atoms with Crippen LogP contribution in [0.15, 0.2) is 29.2 Å². The van der Waals surface area contributed by atoms with Crippen LogP contribution in [-0.4, -0.2) is 6.26 Å². The Balaban J connectivity index is 2.07. The molecule has 0 radical (unpaired) electrons. The molecule has 0 N–H and O–H groups in total. The molecule has 0 saturated heterocycles. The van der Waals surface area contributed by atoms with Gasteiger partial charge in [0.25, 0.3) is 0 Å². The maximum atomic E-state index is 2.32. The van der Waals surface area contributed by atoms with E-state index < -0.39 is 0 Å². The van der Waals surface area contributed by atoms with Gasteiger partial charge < -0.3 is 0 Å². The number of rotatable bonds is 2. The summed E-state index contributed by atoms with van der Waals surface area (Å²) in [6.45, 7) is 0. The van der Waals surface area contributed by atoms with Gasteiger partial charge in [0.05, 0.1) is 0 Å². The van der Waals surface area contributed by atoms with E-state index in [2.05, 4.69) is 30.5 Å². The molecule has 0 aromatic heterocycles. The van der Waals surface area contributed by atoms with Gasteiger partial charge in [-0.3, -0.25) is 0 Å². The maximum Gasteiger partial charge on any atom is 0.00693 e. The van der Waals surface area contributed by atoms with E-state index in [0.29, 0.717) is 0 Å². The van der Waals surface area contributed by atoms with E-state index in [-0.39, 0.29) is 0 Å². The zero-order chi connectivity index (χ0) is 9.80. The van der Waals surface area contributed by atoms with Gasteiger partial charge in [0.15, 0.2) is 0 Å². The van der Waals surface area contributed by atoms with Crippen molar-refractivity contribution in [3.05, 3.63) is 29.8 Å². The van der Waals surface area contributed by atoms with Gasteiger partial charge in [-0.05, 0) is 42.7 Å². The van der Waals surface area contributed by atoms with Crippen molar-refractivity contribution in [1.82, 2.24) is 0 Å². The van der Waals surface area contributed by atoms with Crippen molar-refractivity contribution < 1.29 is 0 Å². The smallest absolute Gasteiger partial charge is 0.00693 e.